The zero-order valence-corrected chi connectivity index (χ0v) is 12.3. The molecule has 116 valence electrons. The summed E-state index contributed by atoms with van der Waals surface area (Å²) in [6.45, 7) is 0. The lowest BCUT2D eigenvalue weighted by Gasteiger charge is -2.07. The quantitative estimate of drug-likeness (QED) is 0.565. The van der Waals surface area contributed by atoms with Gasteiger partial charge in [0.25, 0.3) is 5.91 Å². The summed E-state index contributed by atoms with van der Waals surface area (Å²) in [7, 11) is 0. The number of carbonyl (C=O) groups is 1. The van der Waals surface area contributed by atoms with E-state index in [2.05, 4.69) is 26.1 Å². The van der Waals surface area contributed by atoms with Crippen LogP contribution in [0.2, 0.25) is 5.15 Å². The van der Waals surface area contributed by atoms with Crippen molar-refractivity contribution in [3.63, 3.8) is 0 Å². The molecule has 2 aromatic heterocycles. The van der Waals surface area contributed by atoms with Gasteiger partial charge in [-0.3, -0.25) is 15.6 Å². The molecule has 3 aromatic rings. The molecule has 3 rings (SSSR count). The monoisotopic (exact) mass is 332 g/mol. The van der Waals surface area contributed by atoms with Crippen LogP contribution in [0.15, 0.2) is 48.8 Å². The Hall–Kier alpha value is -3.00. The molecule has 2 heterocycles. The fraction of sp³-hybridized carbons (Fsp3) is 0. The number of hydrogen-bond acceptors (Lipinski definition) is 5. The third-order valence-electron chi connectivity index (χ3n) is 2.89. The van der Waals surface area contributed by atoms with Crippen molar-refractivity contribution in [2.45, 2.75) is 0 Å². The Morgan fingerprint density at radius 2 is 2.00 bits per heavy atom. The van der Waals surface area contributed by atoms with Gasteiger partial charge in [0.1, 0.15) is 5.82 Å². The number of carbonyl (C=O) groups excluding carboxylic acids is 1. The Bertz CT molecular complexity index is 835. The van der Waals surface area contributed by atoms with Crippen LogP contribution in [0.4, 0.5) is 10.1 Å². The summed E-state index contributed by atoms with van der Waals surface area (Å²) in [5.41, 5.74) is 6.21. The van der Waals surface area contributed by atoms with Gasteiger partial charge in [-0.05, 0) is 36.4 Å². The molecule has 0 atom stereocenters. The zero-order chi connectivity index (χ0) is 16.2. The average molecular weight is 333 g/mol. The van der Waals surface area contributed by atoms with Crippen molar-refractivity contribution >= 4 is 23.2 Å². The minimum Gasteiger partial charge on any atom is -0.295 e. The van der Waals surface area contributed by atoms with Crippen molar-refractivity contribution in [3.8, 4) is 5.69 Å². The van der Waals surface area contributed by atoms with Crippen molar-refractivity contribution in [1.29, 1.82) is 0 Å². The Labute approximate surface area is 135 Å². The topological polar surface area (TPSA) is 84.7 Å². The van der Waals surface area contributed by atoms with E-state index in [1.807, 2.05) is 0 Å². The molecule has 0 bridgehead atoms. The van der Waals surface area contributed by atoms with Crippen molar-refractivity contribution in [2.24, 2.45) is 0 Å². The smallest absolute Gasteiger partial charge is 0.291 e. The first-order chi connectivity index (χ1) is 11.1. The number of pyridine rings is 1. The number of halogens is 2. The number of nitrogens with zero attached hydrogens (tertiary/aromatic N) is 4. The highest BCUT2D eigenvalue weighted by molar-refractivity contribution is 6.31. The highest BCUT2D eigenvalue weighted by Crippen LogP contribution is 2.16. The van der Waals surface area contributed by atoms with Crippen LogP contribution in [-0.4, -0.2) is 25.9 Å². The molecule has 0 fully saturated rings. The molecular weight excluding hydrogens is 323 g/mol. The van der Waals surface area contributed by atoms with Crippen molar-refractivity contribution in [2.75, 3.05) is 5.43 Å². The van der Waals surface area contributed by atoms with E-state index in [4.69, 9.17) is 11.6 Å². The normalized spacial score (nSPS) is 10.3. The van der Waals surface area contributed by atoms with Crippen molar-refractivity contribution < 1.29 is 9.18 Å². The van der Waals surface area contributed by atoms with Gasteiger partial charge in [-0.2, -0.15) is 0 Å². The standard InChI is InChI=1S/C14H10ClFN6O/c15-13-11(2-1-7-17-13)18-20-14(23)12-8-22(21-19-12)10-5-3-9(16)4-6-10/h1-8,18H,(H,20,23). The maximum atomic E-state index is 12.9. The van der Waals surface area contributed by atoms with Crippen LogP contribution in [0.3, 0.4) is 0 Å². The highest BCUT2D eigenvalue weighted by atomic mass is 35.5. The lowest BCUT2D eigenvalue weighted by atomic mass is 10.3. The number of aromatic nitrogens is 4. The van der Waals surface area contributed by atoms with E-state index in [1.54, 1.807) is 12.1 Å². The summed E-state index contributed by atoms with van der Waals surface area (Å²) in [4.78, 5) is 15.9. The molecule has 0 saturated carbocycles. The maximum absolute atomic E-state index is 12.9. The third kappa shape index (κ3) is 3.43. The summed E-state index contributed by atoms with van der Waals surface area (Å²) in [6.07, 6.45) is 2.96. The summed E-state index contributed by atoms with van der Waals surface area (Å²) < 4.78 is 14.3. The number of nitrogens with one attached hydrogen (secondary N) is 2. The van der Waals surface area contributed by atoms with E-state index < -0.39 is 5.91 Å². The molecule has 0 aliphatic carbocycles. The number of rotatable bonds is 4. The van der Waals surface area contributed by atoms with E-state index in [1.165, 1.54) is 41.3 Å². The van der Waals surface area contributed by atoms with E-state index in [0.717, 1.165) is 0 Å². The minimum absolute atomic E-state index is 0.0850. The minimum atomic E-state index is -0.502. The summed E-state index contributed by atoms with van der Waals surface area (Å²) >= 11 is 5.86. The maximum Gasteiger partial charge on any atom is 0.291 e. The largest absolute Gasteiger partial charge is 0.295 e. The molecule has 9 heteroatoms. The first-order valence-electron chi connectivity index (χ1n) is 6.48. The molecule has 2 N–H and O–H groups in total. The van der Waals surface area contributed by atoms with Crippen LogP contribution in [0.25, 0.3) is 5.69 Å². The van der Waals surface area contributed by atoms with E-state index in [0.29, 0.717) is 11.4 Å². The number of amides is 1. The van der Waals surface area contributed by atoms with Gasteiger partial charge >= 0.3 is 0 Å². The van der Waals surface area contributed by atoms with Gasteiger partial charge in [0.2, 0.25) is 0 Å². The van der Waals surface area contributed by atoms with Crippen LogP contribution in [0.5, 0.6) is 0 Å². The van der Waals surface area contributed by atoms with Crippen LogP contribution < -0.4 is 10.9 Å². The molecule has 0 aliphatic rings. The Balaban J connectivity index is 1.69. The SMILES string of the molecule is O=C(NNc1cccnc1Cl)c1cn(-c2ccc(F)cc2)nn1. The van der Waals surface area contributed by atoms with Gasteiger partial charge in [-0.25, -0.2) is 14.1 Å². The second-order valence-electron chi connectivity index (χ2n) is 4.45. The van der Waals surface area contributed by atoms with Gasteiger partial charge in [0.15, 0.2) is 10.8 Å². The number of hydrazine groups is 1. The van der Waals surface area contributed by atoms with Crippen LogP contribution in [0, 0.1) is 5.82 Å². The van der Waals surface area contributed by atoms with Gasteiger partial charge in [-0.15, -0.1) is 5.10 Å². The fourth-order valence-electron chi connectivity index (χ4n) is 1.76. The van der Waals surface area contributed by atoms with Crippen LogP contribution >= 0.6 is 11.6 Å². The lowest BCUT2D eigenvalue weighted by Crippen LogP contribution is -2.29. The molecule has 23 heavy (non-hydrogen) atoms. The van der Waals surface area contributed by atoms with Crippen LogP contribution in [0.1, 0.15) is 10.5 Å². The predicted molar refractivity (Wildman–Crippen MR) is 81.7 cm³/mol. The highest BCUT2D eigenvalue weighted by Gasteiger charge is 2.12. The Morgan fingerprint density at radius 1 is 1.22 bits per heavy atom. The van der Waals surface area contributed by atoms with Crippen molar-refractivity contribution in [3.05, 3.63) is 65.5 Å². The van der Waals surface area contributed by atoms with Gasteiger partial charge in [0.05, 0.1) is 17.6 Å². The lowest BCUT2D eigenvalue weighted by molar-refractivity contribution is 0.0957. The molecule has 0 radical (unpaired) electrons. The summed E-state index contributed by atoms with van der Waals surface area (Å²) in [5.74, 6) is -0.859. The van der Waals surface area contributed by atoms with Gasteiger partial charge in [0, 0.05) is 6.20 Å². The molecule has 0 spiro atoms. The van der Waals surface area contributed by atoms with Gasteiger partial charge in [-0.1, -0.05) is 16.8 Å². The third-order valence-corrected chi connectivity index (χ3v) is 3.19. The first kappa shape index (κ1) is 14.9. The predicted octanol–water partition coefficient (Wildman–Crippen LogP) is 2.21. The molecule has 7 nitrogen and oxygen atoms in total. The number of benzene rings is 1. The second kappa shape index (κ2) is 6.41. The average Bonchev–Trinajstić information content (AvgIpc) is 3.04. The first-order valence-corrected chi connectivity index (χ1v) is 6.86. The Kier molecular flexibility index (Phi) is 4.15. The van der Waals surface area contributed by atoms with Crippen LogP contribution in [-0.2, 0) is 0 Å². The molecule has 0 unspecified atom stereocenters. The molecule has 0 saturated heterocycles. The summed E-state index contributed by atoms with van der Waals surface area (Å²) in [5, 5.41) is 7.82. The van der Waals surface area contributed by atoms with Crippen molar-refractivity contribution in [1.82, 2.24) is 25.4 Å². The van der Waals surface area contributed by atoms with E-state index >= 15 is 0 Å². The zero-order valence-electron chi connectivity index (χ0n) is 11.6. The molecular formula is C14H10ClFN6O. The Morgan fingerprint density at radius 3 is 2.74 bits per heavy atom. The van der Waals surface area contributed by atoms with E-state index in [9.17, 15) is 9.18 Å². The second-order valence-corrected chi connectivity index (χ2v) is 4.80. The van der Waals surface area contributed by atoms with Gasteiger partial charge < -0.3 is 0 Å². The molecule has 1 amide bonds. The fourth-order valence-corrected chi connectivity index (χ4v) is 1.92. The number of hydrogen-bond donors (Lipinski definition) is 2. The molecule has 1 aromatic carbocycles. The van der Waals surface area contributed by atoms with E-state index in [-0.39, 0.29) is 16.7 Å². The summed E-state index contributed by atoms with van der Waals surface area (Å²) in [6, 6.07) is 8.97. The molecule has 0 aliphatic heterocycles. The number of anilines is 1.